The van der Waals surface area contributed by atoms with Crippen LogP contribution in [0.1, 0.15) is 6.92 Å². The molecule has 0 aliphatic heterocycles. The number of halogens is 2. The maximum Gasteiger partial charge on any atom is 0.261 e. The molecule has 0 radical (unpaired) electrons. The fraction of sp³-hybridized carbons (Fsp3) is 0.136. The van der Waals surface area contributed by atoms with Gasteiger partial charge in [-0.2, -0.15) is 0 Å². The van der Waals surface area contributed by atoms with E-state index in [1.165, 1.54) is 55.5 Å². The minimum atomic E-state index is -3.58. The van der Waals surface area contributed by atoms with Gasteiger partial charge >= 0.3 is 0 Å². The molecule has 0 unspecified atom stereocenters. The molecule has 2 aromatic heterocycles. The molecule has 32 heavy (non-hydrogen) atoms. The number of benzene rings is 2. The Morgan fingerprint density at radius 2 is 1.81 bits per heavy atom. The van der Waals surface area contributed by atoms with Crippen LogP contribution >= 0.6 is 0 Å². The van der Waals surface area contributed by atoms with Crippen molar-refractivity contribution in [2.75, 3.05) is 5.75 Å². The SMILES string of the molecule is CCS(=O)(=O)c1ccc(Oc2ccc(F)cc2F)c(-c2cn(C)c(=O)c3cncnc23)c1. The summed E-state index contributed by atoms with van der Waals surface area (Å²) in [5.41, 5.74) is 0.588. The Balaban J connectivity index is 2.01. The summed E-state index contributed by atoms with van der Waals surface area (Å²) in [4.78, 5) is 20.6. The number of aryl methyl sites for hydroxylation is 1. The van der Waals surface area contributed by atoms with E-state index in [-0.39, 0.29) is 44.2 Å². The van der Waals surface area contributed by atoms with Gasteiger partial charge in [-0.1, -0.05) is 6.92 Å². The zero-order valence-corrected chi connectivity index (χ0v) is 17.9. The third-order valence-electron chi connectivity index (χ3n) is 4.94. The molecular weight excluding hydrogens is 440 g/mol. The second-order valence-electron chi connectivity index (χ2n) is 6.98. The van der Waals surface area contributed by atoms with Crippen molar-refractivity contribution >= 4 is 20.7 Å². The first kappa shape index (κ1) is 21.6. The lowest BCUT2D eigenvalue weighted by Gasteiger charge is -2.15. The first-order chi connectivity index (χ1) is 15.2. The average molecular weight is 457 g/mol. The summed E-state index contributed by atoms with van der Waals surface area (Å²) in [6.07, 6.45) is 4.11. The Labute approximate surface area is 181 Å². The van der Waals surface area contributed by atoms with Crippen LogP contribution in [-0.4, -0.2) is 28.7 Å². The van der Waals surface area contributed by atoms with Crippen LogP contribution in [-0.2, 0) is 16.9 Å². The van der Waals surface area contributed by atoms with Gasteiger partial charge in [0, 0.05) is 36.6 Å². The van der Waals surface area contributed by atoms with Crippen LogP contribution in [0.4, 0.5) is 8.78 Å². The summed E-state index contributed by atoms with van der Waals surface area (Å²) < 4.78 is 59.6. The van der Waals surface area contributed by atoms with Gasteiger partial charge in [-0.05, 0) is 30.3 Å². The molecule has 7 nitrogen and oxygen atoms in total. The molecular formula is C22H17F2N3O4S. The highest BCUT2D eigenvalue weighted by molar-refractivity contribution is 7.91. The molecule has 4 aromatic rings. The van der Waals surface area contributed by atoms with Crippen LogP contribution in [0.2, 0.25) is 0 Å². The van der Waals surface area contributed by atoms with Crippen LogP contribution in [0.5, 0.6) is 11.5 Å². The molecule has 0 fully saturated rings. The van der Waals surface area contributed by atoms with Gasteiger partial charge in [-0.25, -0.2) is 27.2 Å². The van der Waals surface area contributed by atoms with Gasteiger partial charge in [0.05, 0.1) is 21.6 Å². The molecule has 2 heterocycles. The lowest BCUT2D eigenvalue weighted by molar-refractivity contribution is 0.438. The topological polar surface area (TPSA) is 91.2 Å². The van der Waals surface area contributed by atoms with Crippen molar-refractivity contribution in [2.45, 2.75) is 11.8 Å². The number of sulfone groups is 1. The first-order valence-electron chi connectivity index (χ1n) is 9.50. The highest BCUT2D eigenvalue weighted by Crippen LogP contribution is 2.38. The Morgan fingerprint density at radius 1 is 1.06 bits per heavy atom. The summed E-state index contributed by atoms with van der Waals surface area (Å²) in [6.45, 7) is 1.52. The normalized spacial score (nSPS) is 11.6. The molecule has 4 rings (SSSR count). The highest BCUT2D eigenvalue weighted by Gasteiger charge is 2.20. The summed E-state index contributed by atoms with van der Waals surface area (Å²) in [7, 11) is -2.05. The van der Waals surface area contributed by atoms with Gasteiger partial charge in [0.2, 0.25) is 0 Å². The Hall–Kier alpha value is -3.66. The monoisotopic (exact) mass is 457 g/mol. The average Bonchev–Trinajstić information content (AvgIpc) is 2.78. The fourth-order valence-electron chi connectivity index (χ4n) is 3.25. The molecule has 0 atom stereocenters. The highest BCUT2D eigenvalue weighted by atomic mass is 32.2. The van der Waals surface area contributed by atoms with Gasteiger partial charge in [-0.3, -0.25) is 4.79 Å². The molecule has 164 valence electrons. The lowest BCUT2D eigenvalue weighted by atomic mass is 10.0. The molecule has 0 amide bonds. The maximum atomic E-state index is 14.2. The molecule has 0 aliphatic rings. The van der Waals surface area contributed by atoms with E-state index >= 15 is 0 Å². The lowest BCUT2D eigenvalue weighted by Crippen LogP contribution is -2.17. The standard InChI is InChI=1S/C22H17F2N3O4S/c1-3-32(29,30)14-5-7-19(31-20-6-4-13(23)8-18(20)24)15(9-14)17-11-27(2)22(28)16-10-25-12-26-21(16)17/h4-12H,3H2,1-2H3. The second-order valence-corrected chi connectivity index (χ2v) is 9.26. The van der Waals surface area contributed by atoms with Crippen molar-refractivity contribution in [1.29, 1.82) is 0 Å². The van der Waals surface area contributed by atoms with E-state index in [4.69, 9.17) is 4.74 Å². The van der Waals surface area contributed by atoms with Gasteiger partial charge in [-0.15, -0.1) is 0 Å². The molecule has 0 aliphatic carbocycles. The van der Waals surface area contributed by atoms with Crippen LogP contribution < -0.4 is 10.3 Å². The number of ether oxygens (including phenoxy) is 1. The van der Waals surface area contributed by atoms with E-state index in [1.54, 1.807) is 0 Å². The third-order valence-corrected chi connectivity index (χ3v) is 6.67. The summed E-state index contributed by atoms with van der Waals surface area (Å²) >= 11 is 0. The fourth-order valence-corrected chi connectivity index (χ4v) is 4.15. The number of fused-ring (bicyclic) bond motifs is 1. The zero-order chi connectivity index (χ0) is 23.0. The van der Waals surface area contributed by atoms with Gasteiger partial charge < -0.3 is 9.30 Å². The molecule has 2 aromatic carbocycles. The first-order valence-corrected chi connectivity index (χ1v) is 11.2. The van der Waals surface area contributed by atoms with Gasteiger partial charge in [0.25, 0.3) is 5.56 Å². The van der Waals surface area contributed by atoms with Crippen molar-refractivity contribution in [2.24, 2.45) is 7.05 Å². The Bertz CT molecular complexity index is 1520. The zero-order valence-electron chi connectivity index (χ0n) is 17.0. The Morgan fingerprint density at radius 3 is 2.53 bits per heavy atom. The Kier molecular flexibility index (Phi) is 5.47. The van der Waals surface area contributed by atoms with Crippen molar-refractivity contribution in [3.63, 3.8) is 0 Å². The van der Waals surface area contributed by atoms with E-state index in [1.807, 2.05) is 0 Å². The molecule has 0 spiro atoms. The van der Waals surface area contributed by atoms with Crippen molar-refractivity contribution in [1.82, 2.24) is 14.5 Å². The smallest absolute Gasteiger partial charge is 0.261 e. The largest absolute Gasteiger partial charge is 0.454 e. The number of nitrogens with zero attached hydrogens (tertiary/aromatic N) is 3. The third kappa shape index (κ3) is 3.84. The van der Waals surface area contributed by atoms with Crippen LogP contribution in [0.3, 0.4) is 0 Å². The quantitative estimate of drug-likeness (QED) is 0.452. The summed E-state index contributed by atoms with van der Waals surface area (Å²) in [6, 6.07) is 6.97. The van der Waals surface area contributed by atoms with Crippen molar-refractivity contribution in [3.8, 4) is 22.6 Å². The number of hydrogen-bond acceptors (Lipinski definition) is 6. The summed E-state index contributed by atoms with van der Waals surface area (Å²) in [5.74, 6) is -1.96. The van der Waals surface area contributed by atoms with E-state index < -0.39 is 21.5 Å². The molecule has 0 saturated heterocycles. The van der Waals surface area contributed by atoms with Crippen LogP contribution in [0, 0.1) is 11.6 Å². The van der Waals surface area contributed by atoms with E-state index in [0.717, 1.165) is 12.1 Å². The van der Waals surface area contributed by atoms with Crippen molar-refractivity contribution in [3.05, 3.63) is 77.1 Å². The van der Waals surface area contributed by atoms with Crippen molar-refractivity contribution < 1.29 is 21.9 Å². The van der Waals surface area contributed by atoms with Gasteiger partial charge in [0.1, 0.15) is 17.9 Å². The molecule has 0 bridgehead atoms. The van der Waals surface area contributed by atoms with E-state index in [0.29, 0.717) is 11.6 Å². The molecule has 0 saturated carbocycles. The number of rotatable bonds is 5. The predicted molar refractivity (Wildman–Crippen MR) is 114 cm³/mol. The van der Waals surface area contributed by atoms with E-state index in [2.05, 4.69) is 9.97 Å². The van der Waals surface area contributed by atoms with Gasteiger partial charge in [0.15, 0.2) is 21.4 Å². The van der Waals surface area contributed by atoms with Crippen LogP contribution in [0.15, 0.2) is 64.8 Å². The number of aromatic nitrogens is 3. The maximum absolute atomic E-state index is 14.2. The molecule has 10 heteroatoms. The predicted octanol–water partition coefficient (Wildman–Crippen LogP) is 3.86. The van der Waals surface area contributed by atoms with E-state index in [9.17, 15) is 22.0 Å². The second kappa shape index (κ2) is 8.12. The van der Waals surface area contributed by atoms with Crippen LogP contribution in [0.25, 0.3) is 22.0 Å². The molecule has 0 N–H and O–H groups in total. The summed E-state index contributed by atoms with van der Waals surface area (Å²) in [5, 5.41) is 0.218. The minimum Gasteiger partial charge on any atom is -0.454 e. The minimum absolute atomic E-state index is 0.0259. The number of hydrogen-bond donors (Lipinski definition) is 0. The number of pyridine rings is 1.